The number of rotatable bonds is 3. The number of hydrogen-bond donors (Lipinski definition) is 1. The summed E-state index contributed by atoms with van der Waals surface area (Å²) >= 11 is 0. The minimum absolute atomic E-state index is 0.0821. The normalized spacial score (nSPS) is 24.4. The van der Waals surface area contributed by atoms with Crippen LogP contribution in [0.3, 0.4) is 0 Å². The number of benzene rings is 1. The molecule has 1 N–H and O–H groups in total. The van der Waals surface area contributed by atoms with Crippen LogP contribution in [0, 0.1) is 19.8 Å². The van der Waals surface area contributed by atoms with Crippen molar-refractivity contribution in [1.29, 1.82) is 0 Å². The van der Waals surface area contributed by atoms with Crippen LogP contribution in [0.5, 0.6) is 0 Å². The average molecular weight is 281 g/mol. The maximum absolute atomic E-state index is 12.5. The van der Waals surface area contributed by atoms with Crippen LogP contribution < -0.4 is 4.72 Å². The Hall–Kier alpha value is -0.870. The fourth-order valence-corrected chi connectivity index (χ4v) is 4.46. The van der Waals surface area contributed by atoms with Crippen molar-refractivity contribution in [1.82, 2.24) is 4.72 Å². The summed E-state index contributed by atoms with van der Waals surface area (Å²) in [5.74, 6) is 0.425. The Morgan fingerprint density at radius 2 is 1.84 bits per heavy atom. The van der Waals surface area contributed by atoms with E-state index in [0.29, 0.717) is 10.8 Å². The Balaban J connectivity index is 2.24. The van der Waals surface area contributed by atoms with Crippen molar-refractivity contribution in [2.45, 2.75) is 57.4 Å². The van der Waals surface area contributed by atoms with Crippen molar-refractivity contribution in [3.8, 4) is 0 Å². The molecule has 2 atom stereocenters. The average Bonchev–Trinajstić information content (AvgIpc) is 2.35. The molecule has 1 aromatic rings. The zero-order valence-electron chi connectivity index (χ0n) is 11.9. The summed E-state index contributed by atoms with van der Waals surface area (Å²) in [6, 6.07) is 5.65. The van der Waals surface area contributed by atoms with E-state index in [1.807, 2.05) is 26.0 Å². The zero-order valence-corrected chi connectivity index (χ0v) is 12.8. The van der Waals surface area contributed by atoms with Crippen molar-refractivity contribution in [2.75, 3.05) is 0 Å². The van der Waals surface area contributed by atoms with Crippen LogP contribution in [0.1, 0.15) is 43.7 Å². The monoisotopic (exact) mass is 281 g/mol. The van der Waals surface area contributed by atoms with Crippen LogP contribution in [0.4, 0.5) is 0 Å². The van der Waals surface area contributed by atoms with Crippen molar-refractivity contribution < 1.29 is 8.42 Å². The molecule has 106 valence electrons. The largest absolute Gasteiger partial charge is 0.241 e. The Morgan fingerprint density at radius 3 is 2.53 bits per heavy atom. The third-order valence-electron chi connectivity index (χ3n) is 4.05. The van der Waals surface area contributed by atoms with Gasteiger partial charge in [-0.25, -0.2) is 13.1 Å². The number of aryl methyl sites for hydroxylation is 2. The van der Waals surface area contributed by atoms with Gasteiger partial charge in [-0.2, -0.15) is 0 Å². The highest BCUT2D eigenvalue weighted by atomic mass is 32.2. The van der Waals surface area contributed by atoms with Crippen molar-refractivity contribution in [3.05, 3.63) is 29.3 Å². The Labute approximate surface area is 116 Å². The molecule has 1 fully saturated rings. The van der Waals surface area contributed by atoms with E-state index in [1.165, 1.54) is 6.42 Å². The Morgan fingerprint density at radius 1 is 1.16 bits per heavy atom. The molecular weight excluding hydrogens is 258 g/mol. The summed E-state index contributed by atoms with van der Waals surface area (Å²) in [5, 5.41) is 0. The van der Waals surface area contributed by atoms with Crippen LogP contribution in [0.2, 0.25) is 0 Å². The maximum atomic E-state index is 12.5. The standard InChI is InChI=1S/C15H23NO2S/c1-11-8-9-13(3)15(10-11)19(17,18)16-14-7-5-4-6-12(14)2/h8-10,12,14,16H,4-7H2,1-3H3. The van der Waals surface area contributed by atoms with Crippen LogP contribution in [-0.4, -0.2) is 14.5 Å². The second-order valence-electron chi connectivity index (χ2n) is 5.76. The highest BCUT2D eigenvalue weighted by Crippen LogP contribution is 2.26. The van der Waals surface area contributed by atoms with E-state index in [4.69, 9.17) is 0 Å². The molecular formula is C15H23NO2S. The summed E-state index contributed by atoms with van der Waals surface area (Å²) in [6.07, 6.45) is 4.39. The van der Waals surface area contributed by atoms with Gasteiger partial charge in [0.05, 0.1) is 4.90 Å². The molecule has 0 radical (unpaired) electrons. The Bertz CT molecular complexity index is 551. The molecule has 19 heavy (non-hydrogen) atoms. The lowest BCUT2D eigenvalue weighted by Gasteiger charge is -2.29. The van der Waals surface area contributed by atoms with E-state index < -0.39 is 10.0 Å². The minimum atomic E-state index is -3.40. The third-order valence-corrected chi connectivity index (χ3v) is 5.68. The van der Waals surface area contributed by atoms with Crippen LogP contribution in [0.25, 0.3) is 0 Å². The second-order valence-corrected chi connectivity index (χ2v) is 7.44. The lowest BCUT2D eigenvalue weighted by atomic mass is 9.87. The van der Waals surface area contributed by atoms with Crippen molar-refractivity contribution in [3.63, 3.8) is 0 Å². The smallest absolute Gasteiger partial charge is 0.208 e. The van der Waals surface area contributed by atoms with Gasteiger partial charge in [0.15, 0.2) is 0 Å². The van der Waals surface area contributed by atoms with E-state index >= 15 is 0 Å². The van der Waals surface area contributed by atoms with Crippen molar-refractivity contribution in [2.24, 2.45) is 5.92 Å². The molecule has 0 saturated heterocycles. The molecule has 1 aromatic carbocycles. The number of sulfonamides is 1. The molecule has 0 aromatic heterocycles. The van der Waals surface area contributed by atoms with Crippen LogP contribution in [-0.2, 0) is 10.0 Å². The topological polar surface area (TPSA) is 46.2 Å². The quantitative estimate of drug-likeness (QED) is 0.925. The first-order valence-electron chi connectivity index (χ1n) is 7.00. The first kappa shape index (κ1) is 14.5. The zero-order chi connectivity index (χ0) is 14.0. The first-order valence-corrected chi connectivity index (χ1v) is 8.48. The first-order chi connectivity index (χ1) is 8.90. The highest BCUT2D eigenvalue weighted by molar-refractivity contribution is 7.89. The van der Waals surface area contributed by atoms with Gasteiger partial charge in [0.25, 0.3) is 0 Å². The summed E-state index contributed by atoms with van der Waals surface area (Å²) in [7, 11) is -3.40. The molecule has 1 saturated carbocycles. The molecule has 2 rings (SSSR count). The molecule has 0 heterocycles. The predicted octanol–water partition coefficient (Wildman–Crippen LogP) is 3.16. The fourth-order valence-electron chi connectivity index (χ4n) is 2.75. The van der Waals surface area contributed by atoms with Gasteiger partial charge in [0, 0.05) is 6.04 Å². The fraction of sp³-hybridized carbons (Fsp3) is 0.600. The molecule has 3 nitrogen and oxygen atoms in total. The number of hydrogen-bond acceptors (Lipinski definition) is 2. The SMILES string of the molecule is Cc1ccc(C)c(S(=O)(=O)NC2CCCCC2C)c1. The van der Waals surface area contributed by atoms with Gasteiger partial charge >= 0.3 is 0 Å². The summed E-state index contributed by atoms with van der Waals surface area (Å²) < 4.78 is 27.9. The second kappa shape index (κ2) is 5.63. The van der Waals surface area contributed by atoms with Crippen LogP contribution in [0.15, 0.2) is 23.1 Å². The summed E-state index contributed by atoms with van der Waals surface area (Å²) in [6.45, 7) is 5.90. The van der Waals surface area contributed by atoms with Gasteiger partial charge in [-0.15, -0.1) is 0 Å². The van der Waals surface area contributed by atoms with Crippen LogP contribution >= 0.6 is 0 Å². The van der Waals surface area contributed by atoms with Gasteiger partial charge in [0.1, 0.15) is 0 Å². The van der Waals surface area contributed by atoms with Crippen molar-refractivity contribution >= 4 is 10.0 Å². The van der Waals surface area contributed by atoms with Gasteiger partial charge in [-0.1, -0.05) is 31.9 Å². The van der Waals surface area contributed by atoms with E-state index in [-0.39, 0.29) is 6.04 Å². The van der Waals surface area contributed by atoms with Gasteiger partial charge in [-0.3, -0.25) is 0 Å². The predicted molar refractivity (Wildman–Crippen MR) is 77.7 cm³/mol. The molecule has 0 bridgehead atoms. The number of nitrogens with one attached hydrogen (secondary N) is 1. The van der Waals surface area contributed by atoms with E-state index in [1.54, 1.807) is 6.07 Å². The highest BCUT2D eigenvalue weighted by Gasteiger charge is 2.27. The summed E-state index contributed by atoms with van der Waals surface area (Å²) in [4.78, 5) is 0.422. The van der Waals surface area contributed by atoms with Gasteiger partial charge in [-0.05, 0) is 49.8 Å². The van der Waals surface area contributed by atoms with E-state index in [2.05, 4.69) is 11.6 Å². The summed E-state index contributed by atoms with van der Waals surface area (Å²) in [5.41, 5.74) is 1.78. The Kier molecular flexibility index (Phi) is 4.31. The van der Waals surface area contributed by atoms with Gasteiger partial charge < -0.3 is 0 Å². The van der Waals surface area contributed by atoms with E-state index in [0.717, 1.165) is 30.4 Å². The van der Waals surface area contributed by atoms with Gasteiger partial charge in [0.2, 0.25) is 10.0 Å². The molecule has 4 heteroatoms. The molecule has 0 aliphatic heterocycles. The lowest BCUT2D eigenvalue weighted by molar-refractivity contribution is 0.310. The lowest BCUT2D eigenvalue weighted by Crippen LogP contribution is -2.41. The third kappa shape index (κ3) is 3.37. The minimum Gasteiger partial charge on any atom is -0.208 e. The molecule has 0 spiro atoms. The maximum Gasteiger partial charge on any atom is 0.241 e. The molecule has 0 amide bonds. The molecule has 2 unspecified atom stereocenters. The molecule has 1 aliphatic carbocycles. The molecule has 1 aliphatic rings. The van der Waals surface area contributed by atoms with E-state index in [9.17, 15) is 8.42 Å².